The zero-order valence-corrected chi connectivity index (χ0v) is 15.0. The molecule has 10 heteroatoms. The molecule has 8 nitrogen and oxygen atoms in total. The summed E-state index contributed by atoms with van der Waals surface area (Å²) in [5, 5.41) is 7.46. The van der Waals surface area contributed by atoms with E-state index in [1.54, 1.807) is 0 Å². The highest BCUT2D eigenvalue weighted by Gasteiger charge is 2.18. The smallest absolute Gasteiger partial charge is 0.344 e. The van der Waals surface area contributed by atoms with Crippen LogP contribution in [0.15, 0.2) is 53.4 Å². The number of carbonyl (C=O) groups is 2. The van der Waals surface area contributed by atoms with Crippen molar-refractivity contribution in [3.05, 3.63) is 54.3 Å². The van der Waals surface area contributed by atoms with Gasteiger partial charge in [0.2, 0.25) is 10.0 Å². The molecule has 0 radical (unpaired) electrons. The molecule has 0 aliphatic carbocycles. The third kappa shape index (κ3) is 6.35. The maximum Gasteiger partial charge on any atom is 0.344 e. The van der Waals surface area contributed by atoms with Crippen molar-refractivity contribution in [2.24, 2.45) is 5.14 Å². The van der Waals surface area contributed by atoms with Crippen molar-refractivity contribution in [3.8, 4) is 5.75 Å². The van der Waals surface area contributed by atoms with Crippen LogP contribution in [0.1, 0.15) is 6.92 Å². The van der Waals surface area contributed by atoms with E-state index >= 15 is 0 Å². The zero-order valence-electron chi connectivity index (χ0n) is 14.2. The zero-order chi connectivity index (χ0) is 20.0. The van der Waals surface area contributed by atoms with E-state index in [0.717, 1.165) is 0 Å². The number of sulfonamides is 1. The highest BCUT2D eigenvalue weighted by molar-refractivity contribution is 7.89. The van der Waals surface area contributed by atoms with Crippen LogP contribution >= 0.6 is 0 Å². The van der Waals surface area contributed by atoms with Gasteiger partial charge in [-0.2, -0.15) is 0 Å². The first-order chi connectivity index (χ1) is 12.6. The summed E-state index contributed by atoms with van der Waals surface area (Å²) >= 11 is 0. The number of ether oxygens (including phenoxy) is 2. The number of hydrogen-bond acceptors (Lipinski definition) is 6. The Morgan fingerprint density at radius 2 is 1.70 bits per heavy atom. The Kier molecular flexibility index (Phi) is 6.48. The molecule has 0 bridgehead atoms. The number of rotatable bonds is 7. The van der Waals surface area contributed by atoms with Crippen LogP contribution in [0.2, 0.25) is 0 Å². The summed E-state index contributed by atoms with van der Waals surface area (Å²) in [6.07, 6.45) is -1.12. The summed E-state index contributed by atoms with van der Waals surface area (Å²) in [4.78, 5) is 23.7. The number of benzene rings is 2. The Labute approximate surface area is 155 Å². The van der Waals surface area contributed by atoms with Gasteiger partial charge >= 0.3 is 5.97 Å². The molecule has 0 aromatic heterocycles. The van der Waals surface area contributed by atoms with Crippen molar-refractivity contribution in [1.82, 2.24) is 0 Å². The molecule has 1 atom stereocenters. The van der Waals surface area contributed by atoms with Crippen molar-refractivity contribution in [3.63, 3.8) is 0 Å². The maximum absolute atomic E-state index is 12.8. The molecule has 27 heavy (non-hydrogen) atoms. The Hall–Kier alpha value is -2.98. The number of esters is 1. The summed E-state index contributed by atoms with van der Waals surface area (Å²) in [5.41, 5.74) is 0.304. The van der Waals surface area contributed by atoms with Crippen molar-refractivity contribution in [2.45, 2.75) is 17.9 Å². The number of hydrogen-bond donors (Lipinski definition) is 2. The number of amides is 1. The Bertz CT molecular complexity index is 913. The molecular weight excluding hydrogens is 379 g/mol. The van der Waals surface area contributed by atoms with Gasteiger partial charge in [0.15, 0.2) is 12.7 Å². The number of nitrogens with two attached hydrogens (primary N) is 1. The van der Waals surface area contributed by atoms with Gasteiger partial charge in [-0.1, -0.05) is 0 Å². The fraction of sp³-hybridized carbons (Fsp3) is 0.176. The second-order valence-corrected chi connectivity index (χ2v) is 6.99. The molecule has 144 valence electrons. The molecule has 0 saturated heterocycles. The lowest BCUT2D eigenvalue weighted by molar-refractivity contribution is -0.155. The van der Waals surface area contributed by atoms with Crippen molar-refractivity contribution in [2.75, 3.05) is 11.9 Å². The molecular formula is C17H17FN2O6S. The van der Waals surface area contributed by atoms with E-state index in [0.29, 0.717) is 5.69 Å². The molecule has 0 fully saturated rings. The van der Waals surface area contributed by atoms with Gasteiger partial charge in [0.1, 0.15) is 11.6 Å². The first kappa shape index (κ1) is 20.3. The van der Waals surface area contributed by atoms with Gasteiger partial charge in [-0.05, 0) is 55.5 Å². The monoisotopic (exact) mass is 396 g/mol. The first-order valence-corrected chi connectivity index (χ1v) is 9.21. The summed E-state index contributed by atoms with van der Waals surface area (Å²) < 4.78 is 45.2. The lowest BCUT2D eigenvalue weighted by Crippen LogP contribution is -2.31. The normalized spacial score (nSPS) is 12.1. The van der Waals surface area contributed by atoms with E-state index in [2.05, 4.69) is 5.32 Å². The third-order valence-electron chi connectivity index (χ3n) is 3.30. The van der Waals surface area contributed by atoms with Gasteiger partial charge in [-0.3, -0.25) is 4.79 Å². The van der Waals surface area contributed by atoms with E-state index < -0.39 is 40.4 Å². The van der Waals surface area contributed by atoms with Crippen LogP contribution in [-0.2, 0) is 24.3 Å². The van der Waals surface area contributed by atoms with Crippen LogP contribution in [0, 0.1) is 5.82 Å². The average Bonchev–Trinajstić information content (AvgIpc) is 2.61. The summed E-state index contributed by atoms with van der Waals surface area (Å²) in [7, 11) is -3.83. The number of carbonyl (C=O) groups excluding carboxylic acids is 2. The Balaban J connectivity index is 1.83. The molecule has 0 spiro atoms. The lowest BCUT2D eigenvalue weighted by atomic mass is 10.3. The third-order valence-corrected chi connectivity index (χ3v) is 4.23. The van der Waals surface area contributed by atoms with Crippen LogP contribution < -0.4 is 15.2 Å². The van der Waals surface area contributed by atoms with Crippen LogP contribution in [0.25, 0.3) is 0 Å². The molecule has 0 aliphatic heterocycles. The van der Waals surface area contributed by atoms with Crippen LogP contribution in [0.4, 0.5) is 10.1 Å². The lowest BCUT2D eigenvalue weighted by Gasteiger charge is -2.14. The minimum atomic E-state index is -3.83. The molecule has 1 amide bonds. The molecule has 2 aromatic rings. The number of nitrogens with one attached hydrogen (secondary N) is 1. The van der Waals surface area contributed by atoms with E-state index in [-0.39, 0.29) is 10.6 Å². The Morgan fingerprint density at radius 3 is 2.26 bits per heavy atom. The van der Waals surface area contributed by atoms with Gasteiger partial charge in [0.05, 0.1) is 4.90 Å². The number of halogens is 1. The summed E-state index contributed by atoms with van der Waals surface area (Å²) in [5.74, 6) is -1.56. The first-order valence-electron chi connectivity index (χ1n) is 7.67. The van der Waals surface area contributed by atoms with Crippen LogP contribution in [0.3, 0.4) is 0 Å². The minimum absolute atomic E-state index is 0.0992. The molecule has 2 rings (SSSR count). The van der Waals surface area contributed by atoms with Crippen molar-refractivity contribution in [1.29, 1.82) is 0 Å². The molecule has 2 aromatic carbocycles. The van der Waals surface area contributed by atoms with Crippen LogP contribution in [-0.4, -0.2) is 33.0 Å². The van der Waals surface area contributed by atoms with Gasteiger partial charge in [0, 0.05) is 5.69 Å². The van der Waals surface area contributed by atoms with E-state index in [4.69, 9.17) is 14.6 Å². The average molecular weight is 396 g/mol. The van der Waals surface area contributed by atoms with Gasteiger partial charge in [-0.15, -0.1) is 0 Å². The predicted octanol–water partition coefficient (Wildman–Crippen LogP) is 1.42. The van der Waals surface area contributed by atoms with E-state index in [9.17, 15) is 22.4 Å². The molecule has 0 aliphatic rings. The predicted molar refractivity (Wildman–Crippen MR) is 93.9 cm³/mol. The second-order valence-electron chi connectivity index (χ2n) is 5.43. The second kappa shape index (κ2) is 8.60. The fourth-order valence-corrected chi connectivity index (χ4v) is 2.45. The largest absolute Gasteiger partial charge is 0.482 e. The SMILES string of the molecule is C[C@H](OC(=O)COc1ccc(F)cc1)C(=O)Nc1ccc(S(N)(=O)=O)cc1. The van der Waals surface area contributed by atoms with Crippen LogP contribution in [0.5, 0.6) is 5.75 Å². The highest BCUT2D eigenvalue weighted by Crippen LogP contribution is 2.14. The van der Waals surface area contributed by atoms with Gasteiger partial charge in [0.25, 0.3) is 5.91 Å². The quantitative estimate of drug-likeness (QED) is 0.682. The number of primary sulfonamides is 1. The number of anilines is 1. The maximum atomic E-state index is 12.8. The summed E-state index contributed by atoms with van der Waals surface area (Å²) in [6.45, 7) is 0.913. The van der Waals surface area contributed by atoms with Crippen molar-refractivity contribution < 1.29 is 31.9 Å². The van der Waals surface area contributed by atoms with Gasteiger partial charge in [-0.25, -0.2) is 22.7 Å². The van der Waals surface area contributed by atoms with Gasteiger partial charge < -0.3 is 14.8 Å². The van der Waals surface area contributed by atoms with Crippen molar-refractivity contribution >= 4 is 27.6 Å². The topological polar surface area (TPSA) is 125 Å². The fourth-order valence-electron chi connectivity index (χ4n) is 1.93. The standard InChI is InChI=1S/C17H17FN2O6S/c1-11(26-16(21)10-25-14-6-2-12(18)3-7-14)17(22)20-13-4-8-15(9-5-13)27(19,23)24/h2-9,11H,10H2,1H3,(H,20,22)(H2,19,23,24)/t11-/m0/s1. The van der Waals surface area contributed by atoms with E-state index in [1.165, 1.54) is 55.5 Å². The molecule has 0 heterocycles. The summed E-state index contributed by atoms with van der Waals surface area (Å²) in [6, 6.07) is 10.2. The van der Waals surface area contributed by atoms with E-state index in [1.807, 2.05) is 0 Å². The Morgan fingerprint density at radius 1 is 1.11 bits per heavy atom. The minimum Gasteiger partial charge on any atom is -0.482 e. The molecule has 0 unspecified atom stereocenters. The molecule has 0 saturated carbocycles. The highest BCUT2D eigenvalue weighted by atomic mass is 32.2. The molecule has 3 N–H and O–H groups in total.